The van der Waals surface area contributed by atoms with Crippen LogP contribution in [0.4, 0.5) is 0 Å². The molecule has 4 rings (SSSR count). The highest BCUT2D eigenvalue weighted by atomic mass is 32.2. The molecular weight excluding hydrogens is 544 g/mol. The van der Waals surface area contributed by atoms with Crippen LogP contribution in [0.5, 0.6) is 28.7 Å². The summed E-state index contributed by atoms with van der Waals surface area (Å²) >= 11 is 0. The highest BCUT2D eigenvalue weighted by Gasteiger charge is 2.32. The summed E-state index contributed by atoms with van der Waals surface area (Å²) < 4.78 is 62.3. The molecule has 8 nitrogen and oxygen atoms in total. The molecule has 0 aliphatic carbocycles. The molecule has 1 aliphatic heterocycles. The Labute approximate surface area is 243 Å². The molecule has 0 saturated carbocycles. The van der Waals surface area contributed by atoms with E-state index in [4.69, 9.17) is 28.4 Å². The van der Waals surface area contributed by atoms with Crippen LogP contribution in [-0.4, -0.2) is 42.1 Å². The predicted octanol–water partition coefficient (Wildman–Crippen LogP) is 6.86. The second-order valence-electron chi connectivity index (χ2n) is 9.94. The molecule has 41 heavy (non-hydrogen) atoms. The van der Waals surface area contributed by atoms with E-state index in [9.17, 15) is 8.42 Å². The number of hydrogen-bond donors (Lipinski definition) is 0. The molecule has 1 heterocycles. The summed E-state index contributed by atoms with van der Waals surface area (Å²) in [6, 6.07) is 17.1. The average molecular weight is 585 g/mol. The normalized spacial score (nSPS) is 16.8. The Morgan fingerprint density at radius 3 is 1.93 bits per heavy atom. The molecule has 0 amide bonds. The van der Waals surface area contributed by atoms with Crippen molar-refractivity contribution in [3.05, 3.63) is 71.3 Å². The van der Waals surface area contributed by atoms with Gasteiger partial charge in [-0.05, 0) is 66.6 Å². The lowest BCUT2D eigenvalue weighted by atomic mass is 10.0. The minimum Gasteiger partial charge on any atom is -0.493 e. The first-order chi connectivity index (χ1) is 19.8. The van der Waals surface area contributed by atoms with Crippen LogP contribution < -0.4 is 23.7 Å². The topological polar surface area (TPSA) is 89.5 Å². The fourth-order valence-electron chi connectivity index (χ4n) is 5.00. The van der Waals surface area contributed by atoms with Gasteiger partial charge in [-0.3, -0.25) is 0 Å². The Balaban J connectivity index is 1.72. The first-order valence-electron chi connectivity index (χ1n) is 14.0. The van der Waals surface area contributed by atoms with Gasteiger partial charge in [-0.15, -0.1) is 0 Å². The number of methoxy groups -OCH3 is 3. The van der Waals surface area contributed by atoms with Gasteiger partial charge in [0.2, 0.25) is 5.75 Å². The largest absolute Gasteiger partial charge is 0.493 e. The number of benzene rings is 3. The van der Waals surface area contributed by atoms with Gasteiger partial charge in [-0.2, -0.15) is 0 Å². The molecular formula is C32H40O8S. The van der Waals surface area contributed by atoms with E-state index in [-0.39, 0.29) is 35.2 Å². The van der Waals surface area contributed by atoms with Crippen molar-refractivity contribution >= 4 is 9.84 Å². The highest BCUT2D eigenvalue weighted by molar-refractivity contribution is 7.91. The summed E-state index contributed by atoms with van der Waals surface area (Å²) in [5.74, 6) is 2.29. The smallest absolute Gasteiger partial charge is 0.203 e. The Morgan fingerprint density at radius 2 is 1.37 bits per heavy atom. The van der Waals surface area contributed by atoms with Crippen molar-refractivity contribution in [2.45, 2.75) is 63.2 Å². The van der Waals surface area contributed by atoms with Gasteiger partial charge in [0.05, 0.1) is 45.9 Å². The summed E-state index contributed by atoms with van der Waals surface area (Å²) in [6.45, 7) is 4.48. The maximum absolute atomic E-state index is 13.5. The average Bonchev–Trinajstić information content (AvgIpc) is 3.49. The monoisotopic (exact) mass is 584 g/mol. The van der Waals surface area contributed by atoms with Gasteiger partial charge in [-0.25, -0.2) is 8.42 Å². The number of rotatable bonds is 14. The van der Waals surface area contributed by atoms with Crippen molar-refractivity contribution < 1.29 is 36.8 Å². The van der Waals surface area contributed by atoms with Crippen LogP contribution in [0.15, 0.2) is 59.5 Å². The zero-order chi connectivity index (χ0) is 29.4. The van der Waals surface area contributed by atoms with Crippen LogP contribution in [0.3, 0.4) is 0 Å². The summed E-state index contributed by atoms with van der Waals surface area (Å²) in [5, 5.41) is 0. The number of ether oxygens (including phenoxy) is 6. The molecule has 1 fully saturated rings. The maximum atomic E-state index is 13.5. The van der Waals surface area contributed by atoms with E-state index < -0.39 is 9.84 Å². The van der Waals surface area contributed by atoms with E-state index in [0.717, 1.165) is 29.5 Å². The molecule has 0 N–H and O–H groups in total. The van der Waals surface area contributed by atoms with Crippen LogP contribution in [0.1, 0.15) is 68.4 Å². The predicted molar refractivity (Wildman–Crippen MR) is 157 cm³/mol. The second-order valence-corrected chi connectivity index (χ2v) is 12.0. The third-order valence-electron chi connectivity index (χ3n) is 6.99. The Hall–Kier alpha value is -3.43. The van der Waals surface area contributed by atoms with Crippen molar-refractivity contribution in [3.8, 4) is 28.7 Å². The van der Waals surface area contributed by atoms with Gasteiger partial charge in [0.1, 0.15) is 11.5 Å². The van der Waals surface area contributed by atoms with Crippen molar-refractivity contribution in [1.82, 2.24) is 0 Å². The second kappa shape index (κ2) is 14.0. The summed E-state index contributed by atoms with van der Waals surface area (Å²) in [6.07, 6.45) is 2.07. The van der Waals surface area contributed by atoms with E-state index >= 15 is 0 Å². The van der Waals surface area contributed by atoms with E-state index in [2.05, 4.69) is 0 Å². The molecule has 1 aliphatic rings. The third-order valence-corrected chi connectivity index (χ3v) is 8.91. The first-order valence-corrected chi connectivity index (χ1v) is 15.7. The fraction of sp³-hybridized carbons (Fsp3) is 0.438. The quantitative estimate of drug-likeness (QED) is 0.203. The molecule has 3 aromatic rings. The van der Waals surface area contributed by atoms with E-state index in [1.54, 1.807) is 27.4 Å². The lowest BCUT2D eigenvalue weighted by Gasteiger charge is -2.21. The van der Waals surface area contributed by atoms with Crippen molar-refractivity contribution in [2.24, 2.45) is 0 Å². The Kier molecular flexibility index (Phi) is 10.4. The third kappa shape index (κ3) is 7.08. The summed E-state index contributed by atoms with van der Waals surface area (Å²) in [4.78, 5) is 0.146. The van der Waals surface area contributed by atoms with Gasteiger partial charge in [0.25, 0.3) is 0 Å². The van der Waals surface area contributed by atoms with E-state index in [1.807, 2.05) is 62.4 Å². The van der Waals surface area contributed by atoms with Crippen molar-refractivity contribution in [1.29, 1.82) is 0 Å². The zero-order valence-corrected chi connectivity index (χ0v) is 25.3. The van der Waals surface area contributed by atoms with Crippen LogP contribution >= 0.6 is 0 Å². The molecule has 0 aromatic heterocycles. The lowest BCUT2D eigenvalue weighted by molar-refractivity contribution is 0.0434. The van der Waals surface area contributed by atoms with Gasteiger partial charge >= 0.3 is 0 Å². The standard InChI is InChI=1S/C32H40O8S/c1-6-15-38-32-29(39-21-22-11-9-8-10-12-22)19-24(20-30(32)41(33,34)16-7-2)26-14-13-25(40-26)23-17-27(35-3)31(37-5)28(18-23)36-4/h8-12,17-20,25-26H,6-7,13-16,21H2,1-5H3/t25-,26-/m0/s1. The Morgan fingerprint density at radius 1 is 0.756 bits per heavy atom. The molecule has 2 atom stereocenters. The van der Waals surface area contributed by atoms with Crippen molar-refractivity contribution in [3.63, 3.8) is 0 Å². The van der Waals surface area contributed by atoms with E-state index in [0.29, 0.717) is 42.4 Å². The number of hydrogen-bond acceptors (Lipinski definition) is 8. The van der Waals surface area contributed by atoms with Gasteiger partial charge < -0.3 is 28.4 Å². The van der Waals surface area contributed by atoms with Crippen LogP contribution in [0.25, 0.3) is 0 Å². The molecule has 0 unspecified atom stereocenters. The summed E-state index contributed by atoms with van der Waals surface area (Å²) in [5.41, 5.74) is 2.60. The molecule has 9 heteroatoms. The van der Waals surface area contributed by atoms with Crippen molar-refractivity contribution in [2.75, 3.05) is 33.7 Å². The van der Waals surface area contributed by atoms with Gasteiger partial charge in [-0.1, -0.05) is 44.2 Å². The minimum absolute atomic E-state index is 0.0106. The highest BCUT2D eigenvalue weighted by Crippen LogP contribution is 2.48. The van der Waals surface area contributed by atoms with Gasteiger partial charge in [0, 0.05) is 0 Å². The molecule has 0 spiro atoms. The van der Waals surface area contributed by atoms with Crippen LogP contribution in [0.2, 0.25) is 0 Å². The SMILES string of the molecule is CCCOc1c(OCc2ccccc2)cc([C@@H]2CC[C@@H](c3cc(OC)c(OC)c(OC)c3)O2)cc1S(=O)(=O)CCC. The maximum Gasteiger partial charge on any atom is 0.203 e. The minimum atomic E-state index is -3.63. The first kappa shape index (κ1) is 30.5. The molecule has 1 saturated heterocycles. The zero-order valence-electron chi connectivity index (χ0n) is 24.5. The fourth-order valence-corrected chi connectivity index (χ4v) is 6.51. The van der Waals surface area contributed by atoms with Crippen LogP contribution in [-0.2, 0) is 21.2 Å². The molecule has 0 radical (unpaired) electrons. The molecule has 222 valence electrons. The molecule has 3 aromatic carbocycles. The lowest BCUT2D eigenvalue weighted by Crippen LogP contribution is -2.12. The van der Waals surface area contributed by atoms with Gasteiger partial charge in [0.15, 0.2) is 32.8 Å². The van der Waals surface area contributed by atoms with Crippen LogP contribution in [0, 0.1) is 0 Å². The molecule has 0 bridgehead atoms. The van der Waals surface area contributed by atoms with E-state index in [1.165, 1.54) is 0 Å². The summed E-state index contributed by atoms with van der Waals surface area (Å²) in [7, 11) is 1.10. The number of sulfone groups is 1. The Bertz CT molecular complexity index is 1380.